The van der Waals surface area contributed by atoms with E-state index in [2.05, 4.69) is 68.5 Å². The molecule has 4 rings (SSSR count). The summed E-state index contributed by atoms with van der Waals surface area (Å²) in [4.78, 5) is 15.9. The Morgan fingerprint density at radius 3 is 2.85 bits per heavy atom. The summed E-state index contributed by atoms with van der Waals surface area (Å²) in [5.74, 6) is 0. The van der Waals surface area contributed by atoms with Crippen molar-refractivity contribution in [3.8, 4) is 0 Å². The Labute approximate surface area is 159 Å². The van der Waals surface area contributed by atoms with E-state index in [0.717, 1.165) is 19.6 Å². The monoisotopic (exact) mass is 363 g/mol. The third kappa shape index (κ3) is 3.66. The smallest absolute Gasteiger partial charge is 0.316 e. The number of carbonyl (C=O) groups is 1. The van der Waals surface area contributed by atoms with E-state index < -0.39 is 0 Å². The van der Waals surface area contributed by atoms with Crippen molar-refractivity contribution in [2.45, 2.75) is 19.1 Å². The van der Waals surface area contributed by atoms with E-state index in [1.807, 2.05) is 6.20 Å². The number of hydrogen-bond donors (Lipinski definition) is 1. The minimum absolute atomic E-state index is 0.0742. The van der Waals surface area contributed by atoms with Crippen LogP contribution in [0.5, 0.6) is 0 Å². The molecule has 0 aliphatic carbocycles. The zero-order chi connectivity index (χ0) is 18.8. The largest absolute Gasteiger partial charge is 0.336 e. The maximum atomic E-state index is 11.9. The summed E-state index contributed by atoms with van der Waals surface area (Å²) in [7, 11) is 3.50. The summed E-state index contributed by atoms with van der Waals surface area (Å²) < 4.78 is 2.05. The lowest BCUT2D eigenvalue weighted by Crippen LogP contribution is -2.44. The van der Waals surface area contributed by atoms with Crippen LogP contribution in [0.1, 0.15) is 17.3 Å². The average molecular weight is 363 g/mol. The number of urea groups is 1. The number of carbonyl (C=O) groups excluding carboxylic acids is 1. The summed E-state index contributed by atoms with van der Waals surface area (Å²) in [6.07, 6.45) is 1.84. The van der Waals surface area contributed by atoms with E-state index in [-0.39, 0.29) is 12.1 Å². The second-order valence-electron chi connectivity index (χ2n) is 7.31. The first-order valence-corrected chi connectivity index (χ1v) is 9.28. The fourth-order valence-electron chi connectivity index (χ4n) is 3.77. The van der Waals surface area contributed by atoms with Crippen LogP contribution in [0.3, 0.4) is 0 Å². The zero-order valence-electron chi connectivity index (χ0n) is 15.8. The maximum Gasteiger partial charge on any atom is 0.316 e. The van der Waals surface area contributed by atoms with Crippen LogP contribution in [-0.2, 0) is 13.1 Å². The Morgan fingerprint density at radius 2 is 2.00 bits per heavy atom. The van der Waals surface area contributed by atoms with Crippen molar-refractivity contribution in [2.75, 3.05) is 27.2 Å². The van der Waals surface area contributed by atoms with E-state index in [4.69, 9.17) is 0 Å². The van der Waals surface area contributed by atoms with Gasteiger partial charge in [-0.05, 0) is 22.4 Å². The van der Waals surface area contributed by atoms with Crippen LogP contribution in [0, 0.1) is 0 Å². The van der Waals surface area contributed by atoms with Gasteiger partial charge in [-0.1, -0.05) is 42.5 Å². The fraction of sp³-hybridized carbons (Fsp3) is 0.333. The average Bonchev–Trinajstić information content (AvgIpc) is 3.15. The van der Waals surface area contributed by atoms with Crippen molar-refractivity contribution in [1.29, 1.82) is 0 Å². The second kappa shape index (κ2) is 7.40. The minimum Gasteiger partial charge on any atom is -0.336 e. The van der Waals surface area contributed by atoms with Gasteiger partial charge in [0.1, 0.15) is 0 Å². The fourth-order valence-corrected chi connectivity index (χ4v) is 3.77. The topological polar surface area (TPSA) is 53.4 Å². The predicted molar refractivity (Wildman–Crippen MR) is 106 cm³/mol. The highest BCUT2D eigenvalue weighted by Gasteiger charge is 2.26. The van der Waals surface area contributed by atoms with Gasteiger partial charge in [0.25, 0.3) is 0 Å². The molecule has 1 aliphatic heterocycles. The summed E-state index contributed by atoms with van der Waals surface area (Å²) >= 11 is 0. The van der Waals surface area contributed by atoms with Crippen molar-refractivity contribution in [2.24, 2.45) is 0 Å². The molecule has 0 saturated heterocycles. The van der Waals surface area contributed by atoms with Crippen LogP contribution >= 0.6 is 0 Å². The predicted octanol–water partition coefficient (Wildman–Crippen LogP) is 2.86. The molecule has 140 valence electrons. The van der Waals surface area contributed by atoms with Crippen LogP contribution in [0.25, 0.3) is 10.8 Å². The van der Waals surface area contributed by atoms with Crippen LogP contribution in [0.15, 0.2) is 54.7 Å². The Kier molecular flexibility index (Phi) is 4.81. The highest BCUT2D eigenvalue weighted by molar-refractivity contribution is 5.85. The number of rotatable bonds is 4. The normalized spacial score (nSPS) is 16.9. The number of nitrogens with one attached hydrogen (secondary N) is 1. The van der Waals surface area contributed by atoms with Gasteiger partial charge in [0.05, 0.1) is 11.7 Å². The first-order valence-electron chi connectivity index (χ1n) is 9.28. The Bertz CT molecular complexity index is 943. The third-order valence-electron chi connectivity index (χ3n) is 5.12. The summed E-state index contributed by atoms with van der Waals surface area (Å²) in [5.41, 5.74) is 2.52. The quantitative estimate of drug-likeness (QED) is 0.775. The van der Waals surface area contributed by atoms with E-state index in [1.54, 1.807) is 19.0 Å². The number of hydrogen-bond acceptors (Lipinski definition) is 3. The number of nitrogens with zero attached hydrogens (tertiary/aromatic N) is 4. The molecule has 1 atom stereocenters. The molecule has 2 aromatic carbocycles. The van der Waals surface area contributed by atoms with Gasteiger partial charge in [0, 0.05) is 46.5 Å². The lowest BCUT2D eigenvalue weighted by molar-refractivity contribution is 0.162. The van der Waals surface area contributed by atoms with E-state index >= 15 is 0 Å². The van der Waals surface area contributed by atoms with Crippen molar-refractivity contribution in [3.63, 3.8) is 0 Å². The summed E-state index contributed by atoms with van der Waals surface area (Å²) in [6, 6.07) is 17.1. The Morgan fingerprint density at radius 1 is 1.19 bits per heavy atom. The van der Waals surface area contributed by atoms with E-state index in [1.165, 1.54) is 22.0 Å². The molecule has 0 radical (unpaired) electrons. The highest BCUT2D eigenvalue weighted by Crippen LogP contribution is 2.25. The lowest BCUT2D eigenvalue weighted by atomic mass is 10.0. The van der Waals surface area contributed by atoms with Gasteiger partial charge in [-0.3, -0.25) is 9.58 Å². The Balaban J connectivity index is 1.53. The van der Waals surface area contributed by atoms with Gasteiger partial charge in [-0.2, -0.15) is 5.10 Å². The van der Waals surface area contributed by atoms with Crippen molar-refractivity contribution >= 4 is 16.8 Å². The van der Waals surface area contributed by atoms with Crippen molar-refractivity contribution in [1.82, 2.24) is 24.9 Å². The molecule has 27 heavy (non-hydrogen) atoms. The van der Waals surface area contributed by atoms with Crippen LogP contribution in [0.2, 0.25) is 0 Å². The molecule has 1 aromatic heterocycles. The number of benzene rings is 2. The van der Waals surface area contributed by atoms with Crippen LogP contribution < -0.4 is 5.32 Å². The van der Waals surface area contributed by atoms with Gasteiger partial charge in [-0.15, -0.1) is 0 Å². The van der Waals surface area contributed by atoms with Crippen LogP contribution in [-0.4, -0.2) is 52.8 Å². The van der Waals surface area contributed by atoms with Crippen LogP contribution in [0.4, 0.5) is 4.79 Å². The molecule has 1 aliphatic rings. The van der Waals surface area contributed by atoms with Crippen molar-refractivity contribution in [3.05, 3.63) is 66.0 Å². The molecule has 2 heterocycles. The van der Waals surface area contributed by atoms with Gasteiger partial charge < -0.3 is 10.2 Å². The standard InChI is InChI=1S/C21H25N5O/c1-24(2)21(27)22-12-19-15-25(14-18-10-11-23-26(18)19)13-17-8-5-7-16-6-3-4-9-20(16)17/h3-11,19H,12-15H2,1-2H3,(H,22,27). The van der Waals surface area contributed by atoms with Gasteiger partial charge in [0.2, 0.25) is 0 Å². The molecule has 0 fully saturated rings. The third-order valence-corrected chi connectivity index (χ3v) is 5.12. The summed E-state index contributed by atoms with van der Waals surface area (Å²) in [5, 5.41) is 10.0. The Hall–Kier alpha value is -2.86. The van der Waals surface area contributed by atoms with Gasteiger partial charge in [0.15, 0.2) is 0 Å². The van der Waals surface area contributed by atoms with E-state index in [0.29, 0.717) is 6.54 Å². The number of aromatic nitrogens is 2. The molecule has 6 heteroatoms. The molecule has 0 saturated carbocycles. The molecule has 1 unspecified atom stereocenters. The molecule has 2 amide bonds. The summed E-state index contributed by atoms with van der Waals surface area (Å²) in [6.45, 7) is 3.16. The molecule has 1 N–H and O–H groups in total. The second-order valence-corrected chi connectivity index (χ2v) is 7.31. The minimum atomic E-state index is -0.0742. The van der Waals surface area contributed by atoms with Crippen molar-refractivity contribution < 1.29 is 4.79 Å². The maximum absolute atomic E-state index is 11.9. The highest BCUT2D eigenvalue weighted by atomic mass is 16.2. The first-order chi connectivity index (χ1) is 13.1. The SMILES string of the molecule is CN(C)C(=O)NCC1CN(Cc2cccc3ccccc23)Cc2ccnn21. The molecular formula is C21H25N5O. The van der Waals surface area contributed by atoms with Gasteiger partial charge in [-0.25, -0.2) is 4.79 Å². The lowest BCUT2D eigenvalue weighted by Gasteiger charge is -2.34. The van der Waals surface area contributed by atoms with E-state index in [9.17, 15) is 4.79 Å². The number of amides is 2. The molecule has 3 aromatic rings. The molecular weight excluding hydrogens is 338 g/mol. The molecule has 6 nitrogen and oxygen atoms in total. The zero-order valence-corrected chi connectivity index (χ0v) is 15.8. The molecule has 0 spiro atoms. The number of fused-ring (bicyclic) bond motifs is 2. The van der Waals surface area contributed by atoms with Gasteiger partial charge >= 0.3 is 6.03 Å². The first kappa shape index (κ1) is 17.5. The molecule has 0 bridgehead atoms.